The molecule has 2 atom stereocenters. The minimum Gasteiger partial charge on any atom is -0.390 e. The average Bonchev–Trinajstić information content (AvgIpc) is 2.46. The van der Waals surface area contributed by atoms with Gasteiger partial charge in [0.25, 0.3) is 0 Å². The van der Waals surface area contributed by atoms with E-state index < -0.39 is 0 Å². The second-order valence-corrected chi connectivity index (χ2v) is 4.23. The molecule has 0 unspecified atom stereocenters. The fraction of sp³-hybridized carbons (Fsp3) is 0.538. The van der Waals surface area contributed by atoms with Crippen LogP contribution in [0, 0.1) is 5.92 Å². The molecule has 1 aromatic carbocycles. The summed E-state index contributed by atoms with van der Waals surface area (Å²) in [6.45, 7) is 1.29. The molecular weight excluding hydrogens is 188 g/mol. The van der Waals surface area contributed by atoms with E-state index in [0.29, 0.717) is 12.5 Å². The first kappa shape index (κ1) is 10.7. The summed E-state index contributed by atoms with van der Waals surface area (Å²) >= 11 is 0. The van der Waals surface area contributed by atoms with Gasteiger partial charge in [-0.25, -0.2) is 0 Å². The molecule has 0 spiro atoms. The molecular formula is C13H18O2. The van der Waals surface area contributed by atoms with Crippen LogP contribution in [0.1, 0.15) is 18.4 Å². The zero-order valence-corrected chi connectivity index (χ0v) is 8.93. The highest BCUT2D eigenvalue weighted by Crippen LogP contribution is 2.21. The lowest BCUT2D eigenvalue weighted by Gasteiger charge is -2.19. The quantitative estimate of drug-likeness (QED) is 0.802. The zero-order chi connectivity index (χ0) is 10.5. The second-order valence-electron chi connectivity index (χ2n) is 4.23. The Kier molecular flexibility index (Phi) is 3.75. The number of benzene rings is 1. The van der Waals surface area contributed by atoms with Crippen molar-refractivity contribution in [1.29, 1.82) is 0 Å². The molecule has 1 saturated heterocycles. The summed E-state index contributed by atoms with van der Waals surface area (Å²) in [5.41, 5.74) is 1.31. The van der Waals surface area contributed by atoms with Gasteiger partial charge in [-0.2, -0.15) is 0 Å². The Labute approximate surface area is 90.9 Å². The fourth-order valence-corrected chi connectivity index (χ4v) is 2.14. The highest BCUT2D eigenvalue weighted by molar-refractivity contribution is 5.15. The van der Waals surface area contributed by atoms with Crippen molar-refractivity contribution in [2.45, 2.75) is 25.4 Å². The molecule has 1 aromatic rings. The number of aliphatic hydroxyl groups is 1. The summed E-state index contributed by atoms with van der Waals surface area (Å²) in [5, 5.41) is 9.89. The summed E-state index contributed by atoms with van der Waals surface area (Å²) in [4.78, 5) is 0. The highest BCUT2D eigenvalue weighted by Gasteiger charge is 2.21. The molecule has 1 aliphatic heterocycles. The molecule has 0 aromatic heterocycles. The minimum atomic E-state index is -0.298. The van der Waals surface area contributed by atoms with E-state index in [-0.39, 0.29) is 6.10 Å². The van der Waals surface area contributed by atoms with Gasteiger partial charge in [-0.1, -0.05) is 30.3 Å². The molecule has 82 valence electrons. The summed E-state index contributed by atoms with van der Waals surface area (Å²) in [6.07, 6.45) is 2.79. The number of hydrogen-bond donors (Lipinski definition) is 1. The third-order valence-electron chi connectivity index (χ3n) is 3.04. The monoisotopic (exact) mass is 206 g/mol. The third kappa shape index (κ3) is 3.05. The smallest absolute Gasteiger partial charge is 0.0804 e. The minimum absolute atomic E-state index is 0.298. The first-order valence-corrected chi connectivity index (χ1v) is 5.66. The molecule has 1 N–H and O–H groups in total. The van der Waals surface area contributed by atoms with Gasteiger partial charge in [-0.15, -0.1) is 0 Å². The van der Waals surface area contributed by atoms with Crippen molar-refractivity contribution < 1.29 is 9.84 Å². The predicted octanol–water partition coefficient (Wildman–Crippen LogP) is 2.02. The van der Waals surface area contributed by atoms with Gasteiger partial charge in [0.2, 0.25) is 0 Å². The average molecular weight is 206 g/mol. The van der Waals surface area contributed by atoms with Crippen LogP contribution in [0.25, 0.3) is 0 Å². The summed E-state index contributed by atoms with van der Waals surface area (Å²) in [6, 6.07) is 10.4. The van der Waals surface area contributed by atoms with Gasteiger partial charge in [0.1, 0.15) is 0 Å². The van der Waals surface area contributed by atoms with Crippen molar-refractivity contribution in [3.63, 3.8) is 0 Å². The Hall–Kier alpha value is -0.860. The lowest BCUT2D eigenvalue weighted by atomic mass is 9.91. The number of aliphatic hydroxyl groups excluding tert-OH is 1. The van der Waals surface area contributed by atoms with E-state index in [4.69, 9.17) is 4.74 Å². The van der Waals surface area contributed by atoms with Gasteiger partial charge in [-0.05, 0) is 30.7 Å². The summed E-state index contributed by atoms with van der Waals surface area (Å²) < 4.78 is 5.32. The van der Waals surface area contributed by atoms with Crippen LogP contribution >= 0.6 is 0 Å². The summed E-state index contributed by atoms with van der Waals surface area (Å²) in [7, 11) is 0. The van der Waals surface area contributed by atoms with Gasteiger partial charge in [-0.3, -0.25) is 0 Å². The van der Waals surface area contributed by atoms with Gasteiger partial charge < -0.3 is 9.84 Å². The van der Waals surface area contributed by atoms with E-state index in [1.54, 1.807) is 0 Å². The fourth-order valence-electron chi connectivity index (χ4n) is 2.14. The molecule has 0 amide bonds. The normalized spacial score (nSPS) is 27.3. The molecule has 2 rings (SSSR count). The molecule has 1 heterocycles. The third-order valence-corrected chi connectivity index (χ3v) is 3.04. The zero-order valence-electron chi connectivity index (χ0n) is 8.93. The maximum Gasteiger partial charge on any atom is 0.0804 e. The maximum atomic E-state index is 9.89. The molecule has 2 nitrogen and oxygen atoms in total. The van der Waals surface area contributed by atoms with Crippen molar-refractivity contribution in [2.75, 3.05) is 13.2 Å². The SMILES string of the molecule is O[C@@H]1COCCC[C@H]1Cc1ccccc1. The van der Waals surface area contributed by atoms with Crippen molar-refractivity contribution in [3.05, 3.63) is 35.9 Å². The second kappa shape index (κ2) is 5.29. The highest BCUT2D eigenvalue weighted by atomic mass is 16.5. The molecule has 0 saturated carbocycles. The molecule has 1 fully saturated rings. The largest absolute Gasteiger partial charge is 0.390 e. The number of hydrogen-bond acceptors (Lipinski definition) is 2. The van der Waals surface area contributed by atoms with Crippen LogP contribution in [0.5, 0.6) is 0 Å². The van der Waals surface area contributed by atoms with Crippen molar-refractivity contribution in [1.82, 2.24) is 0 Å². The Morgan fingerprint density at radius 1 is 1.27 bits per heavy atom. The maximum absolute atomic E-state index is 9.89. The van der Waals surface area contributed by atoms with Gasteiger partial charge in [0.05, 0.1) is 12.7 Å². The topological polar surface area (TPSA) is 29.5 Å². The predicted molar refractivity (Wildman–Crippen MR) is 59.7 cm³/mol. The van der Waals surface area contributed by atoms with E-state index in [9.17, 15) is 5.11 Å². The van der Waals surface area contributed by atoms with Crippen LogP contribution in [0.2, 0.25) is 0 Å². The standard InChI is InChI=1S/C13H18O2/c14-13-10-15-8-4-7-12(13)9-11-5-2-1-3-6-11/h1-3,5-6,12-14H,4,7-10H2/t12-,13+/m0/s1. The molecule has 0 bridgehead atoms. The number of rotatable bonds is 2. The van der Waals surface area contributed by atoms with Gasteiger partial charge in [0, 0.05) is 6.61 Å². The molecule has 2 heteroatoms. The Balaban J connectivity index is 1.97. The molecule has 0 aliphatic carbocycles. The van der Waals surface area contributed by atoms with Crippen LogP contribution in [-0.2, 0) is 11.2 Å². The van der Waals surface area contributed by atoms with Crippen LogP contribution in [0.3, 0.4) is 0 Å². The van der Waals surface area contributed by atoms with E-state index >= 15 is 0 Å². The molecule has 15 heavy (non-hydrogen) atoms. The lowest BCUT2D eigenvalue weighted by molar-refractivity contribution is 0.0270. The Morgan fingerprint density at radius 2 is 2.07 bits per heavy atom. The van der Waals surface area contributed by atoms with Crippen molar-refractivity contribution in [3.8, 4) is 0 Å². The van der Waals surface area contributed by atoms with Crippen molar-refractivity contribution >= 4 is 0 Å². The van der Waals surface area contributed by atoms with Crippen LogP contribution < -0.4 is 0 Å². The summed E-state index contributed by atoms with van der Waals surface area (Å²) in [5.74, 6) is 0.356. The van der Waals surface area contributed by atoms with Crippen LogP contribution in [-0.4, -0.2) is 24.4 Å². The lowest BCUT2D eigenvalue weighted by Crippen LogP contribution is -2.25. The molecule has 1 aliphatic rings. The van der Waals surface area contributed by atoms with Crippen molar-refractivity contribution in [2.24, 2.45) is 5.92 Å². The van der Waals surface area contributed by atoms with E-state index in [0.717, 1.165) is 25.9 Å². The van der Waals surface area contributed by atoms with E-state index in [1.807, 2.05) is 6.07 Å². The van der Waals surface area contributed by atoms with Crippen LogP contribution in [0.15, 0.2) is 30.3 Å². The Morgan fingerprint density at radius 3 is 2.87 bits per heavy atom. The first-order valence-electron chi connectivity index (χ1n) is 5.66. The van der Waals surface area contributed by atoms with Gasteiger partial charge >= 0.3 is 0 Å². The molecule has 0 radical (unpaired) electrons. The van der Waals surface area contributed by atoms with E-state index in [1.165, 1.54) is 5.56 Å². The van der Waals surface area contributed by atoms with Crippen LogP contribution in [0.4, 0.5) is 0 Å². The van der Waals surface area contributed by atoms with Gasteiger partial charge in [0.15, 0.2) is 0 Å². The first-order chi connectivity index (χ1) is 7.36. The van der Waals surface area contributed by atoms with E-state index in [2.05, 4.69) is 24.3 Å². The number of ether oxygens (including phenoxy) is 1. The Bertz CT molecular complexity index is 284.